The normalized spacial score (nSPS) is 11.3. The van der Waals surface area contributed by atoms with Gasteiger partial charge < -0.3 is 31.3 Å². The SMILES string of the molecule is COc1ccc(-c2ccc(C(=O)NC(CO)(CC(C)C)CC(C)C)cc2C(=O)O)c(C(=O)Nc2ccc(C(=N)N)cc2)n1. The third-order valence-corrected chi connectivity index (χ3v) is 6.83. The van der Waals surface area contributed by atoms with Crippen LogP contribution in [-0.4, -0.2) is 58.1 Å². The minimum Gasteiger partial charge on any atom is -0.481 e. The van der Waals surface area contributed by atoms with Gasteiger partial charge in [-0.05, 0) is 72.7 Å². The van der Waals surface area contributed by atoms with Crippen molar-refractivity contribution in [1.82, 2.24) is 10.3 Å². The average molecular weight is 590 g/mol. The van der Waals surface area contributed by atoms with Crippen molar-refractivity contribution in [2.24, 2.45) is 17.6 Å². The largest absolute Gasteiger partial charge is 0.481 e. The molecule has 0 aliphatic heterocycles. The second-order valence-corrected chi connectivity index (χ2v) is 11.3. The number of nitrogens with one attached hydrogen (secondary N) is 3. The summed E-state index contributed by atoms with van der Waals surface area (Å²) in [6, 6.07) is 13.6. The van der Waals surface area contributed by atoms with Gasteiger partial charge in [0.1, 0.15) is 11.5 Å². The number of carboxylic acid groups (broad SMARTS) is 1. The Morgan fingerprint density at radius 1 is 0.930 bits per heavy atom. The molecule has 11 heteroatoms. The van der Waals surface area contributed by atoms with Gasteiger partial charge in [0.05, 0.1) is 24.8 Å². The summed E-state index contributed by atoms with van der Waals surface area (Å²) < 4.78 is 5.21. The monoisotopic (exact) mass is 589 g/mol. The molecule has 3 rings (SSSR count). The van der Waals surface area contributed by atoms with Gasteiger partial charge in [0.2, 0.25) is 5.88 Å². The van der Waals surface area contributed by atoms with Crippen LogP contribution in [-0.2, 0) is 0 Å². The lowest BCUT2D eigenvalue weighted by atomic mass is 9.82. The number of ether oxygens (including phenoxy) is 1. The van der Waals surface area contributed by atoms with Crippen LogP contribution < -0.4 is 21.1 Å². The Hall–Kier alpha value is -4.77. The number of carbonyl (C=O) groups is 3. The fourth-order valence-electron chi connectivity index (χ4n) is 5.20. The molecule has 0 radical (unpaired) electrons. The van der Waals surface area contributed by atoms with Crippen LogP contribution in [0.5, 0.6) is 5.88 Å². The van der Waals surface area contributed by atoms with Gasteiger partial charge >= 0.3 is 5.97 Å². The number of aromatic nitrogens is 1. The molecule has 0 aliphatic rings. The van der Waals surface area contributed by atoms with E-state index >= 15 is 0 Å². The van der Waals surface area contributed by atoms with Crippen molar-refractivity contribution < 1.29 is 29.3 Å². The van der Waals surface area contributed by atoms with E-state index in [4.69, 9.17) is 15.9 Å². The summed E-state index contributed by atoms with van der Waals surface area (Å²) in [5.41, 5.74) is 5.72. The first-order chi connectivity index (χ1) is 20.3. The van der Waals surface area contributed by atoms with E-state index in [1.54, 1.807) is 24.3 Å². The Bertz CT molecular complexity index is 1490. The van der Waals surface area contributed by atoms with Gasteiger partial charge in [0.15, 0.2) is 0 Å². The minimum absolute atomic E-state index is 0.0946. The van der Waals surface area contributed by atoms with E-state index in [1.165, 1.54) is 37.4 Å². The van der Waals surface area contributed by atoms with Crippen LogP contribution >= 0.6 is 0 Å². The number of carbonyl (C=O) groups excluding carboxylic acids is 2. The number of anilines is 1. The maximum Gasteiger partial charge on any atom is 0.336 e. The molecule has 2 amide bonds. The third-order valence-electron chi connectivity index (χ3n) is 6.83. The van der Waals surface area contributed by atoms with E-state index in [0.717, 1.165) is 0 Å². The molecule has 0 atom stereocenters. The van der Waals surface area contributed by atoms with Crippen molar-refractivity contribution in [2.45, 2.75) is 46.1 Å². The highest BCUT2D eigenvalue weighted by Crippen LogP contribution is 2.31. The standard InChI is InChI=1S/C32H39N5O6/c1-18(2)15-32(17-38,16-19(3)4)37-29(39)21-8-11-23(25(14-21)31(41)42)24-12-13-26(43-5)36-27(24)30(40)35-22-9-6-20(7-10-22)28(33)34/h6-14,18-19,38H,15-17H2,1-5H3,(H3,33,34)(H,35,40)(H,37,39)(H,41,42). The second kappa shape index (κ2) is 13.9. The smallest absolute Gasteiger partial charge is 0.336 e. The average Bonchev–Trinajstić information content (AvgIpc) is 2.95. The number of rotatable bonds is 13. The molecule has 0 saturated carbocycles. The quantitative estimate of drug-likeness (QED) is 0.124. The number of amides is 2. The van der Waals surface area contributed by atoms with Crippen molar-refractivity contribution in [2.75, 3.05) is 19.0 Å². The number of aliphatic hydroxyl groups is 1. The van der Waals surface area contributed by atoms with Crippen LogP contribution in [0.4, 0.5) is 5.69 Å². The number of carboxylic acids is 1. The summed E-state index contributed by atoms with van der Waals surface area (Å²) >= 11 is 0. The predicted molar refractivity (Wildman–Crippen MR) is 165 cm³/mol. The summed E-state index contributed by atoms with van der Waals surface area (Å²) in [6.45, 7) is 7.77. The Morgan fingerprint density at radius 2 is 1.51 bits per heavy atom. The lowest BCUT2D eigenvalue weighted by molar-refractivity contribution is 0.0697. The van der Waals surface area contributed by atoms with Gasteiger partial charge in [0, 0.05) is 28.4 Å². The number of methoxy groups -OCH3 is 1. The van der Waals surface area contributed by atoms with Crippen molar-refractivity contribution in [1.29, 1.82) is 5.41 Å². The summed E-state index contributed by atoms with van der Waals surface area (Å²) in [4.78, 5) is 43.5. The van der Waals surface area contributed by atoms with Gasteiger partial charge in [-0.15, -0.1) is 0 Å². The molecule has 0 bridgehead atoms. The van der Waals surface area contributed by atoms with E-state index in [0.29, 0.717) is 24.1 Å². The zero-order valence-corrected chi connectivity index (χ0v) is 25.0. The van der Waals surface area contributed by atoms with Crippen LogP contribution in [0.2, 0.25) is 0 Å². The minimum atomic E-state index is -1.30. The topological polar surface area (TPSA) is 188 Å². The van der Waals surface area contributed by atoms with E-state index in [2.05, 4.69) is 15.6 Å². The molecule has 7 N–H and O–H groups in total. The van der Waals surface area contributed by atoms with Crippen molar-refractivity contribution in [3.8, 4) is 17.0 Å². The molecular formula is C32H39N5O6. The number of aliphatic hydroxyl groups excluding tert-OH is 1. The Kier molecular flexibility index (Phi) is 10.6. The lowest BCUT2D eigenvalue weighted by Gasteiger charge is -2.36. The number of pyridine rings is 1. The van der Waals surface area contributed by atoms with Crippen LogP contribution in [0.3, 0.4) is 0 Å². The summed E-state index contributed by atoms with van der Waals surface area (Å²) in [7, 11) is 1.39. The molecule has 11 nitrogen and oxygen atoms in total. The summed E-state index contributed by atoms with van der Waals surface area (Å²) in [5, 5.41) is 33.7. The fourth-order valence-corrected chi connectivity index (χ4v) is 5.20. The van der Waals surface area contributed by atoms with Gasteiger partial charge in [-0.3, -0.25) is 15.0 Å². The molecule has 3 aromatic rings. The number of aromatic carboxylic acids is 1. The maximum atomic E-state index is 13.4. The van der Waals surface area contributed by atoms with E-state index < -0.39 is 23.3 Å². The highest BCUT2D eigenvalue weighted by Gasteiger charge is 2.33. The second-order valence-electron chi connectivity index (χ2n) is 11.3. The molecule has 43 heavy (non-hydrogen) atoms. The molecule has 0 fully saturated rings. The number of amidine groups is 1. The van der Waals surface area contributed by atoms with Crippen LogP contribution in [0.1, 0.15) is 77.3 Å². The number of nitrogens with zero attached hydrogens (tertiary/aromatic N) is 1. The fraction of sp³-hybridized carbons (Fsp3) is 0.344. The zero-order chi connectivity index (χ0) is 31.9. The molecule has 0 aliphatic carbocycles. The van der Waals surface area contributed by atoms with Gasteiger partial charge in [-0.2, -0.15) is 0 Å². The molecule has 0 unspecified atom stereocenters. The molecule has 1 heterocycles. The van der Waals surface area contributed by atoms with Crippen LogP contribution in [0.15, 0.2) is 54.6 Å². The maximum absolute atomic E-state index is 13.4. The Labute approximate surface area is 251 Å². The molecule has 0 saturated heterocycles. The molecule has 2 aromatic carbocycles. The van der Waals surface area contributed by atoms with E-state index in [-0.39, 0.29) is 58.1 Å². The molecule has 228 valence electrons. The molecule has 1 aromatic heterocycles. The summed E-state index contributed by atoms with van der Waals surface area (Å²) in [6.07, 6.45) is 1.09. The van der Waals surface area contributed by atoms with Crippen molar-refractivity contribution in [3.05, 3.63) is 77.0 Å². The zero-order valence-electron chi connectivity index (χ0n) is 25.0. The first-order valence-corrected chi connectivity index (χ1v) is 13.9. The van der Waals surface area contributed by atoms with Crippen molar-refractivity contribution >= 4 is 29.3 Å². The van der Waals surface area contributed by atoms with Gasteiger partial charge in [-0.25, -0.2) is 9.78 Å². The lowest BCUT2D eigenvalue weighted by Crippen LogP contribution is -2.53. The number of nitrogen functional groups attached to an aromatic ring is 1. The van der Waals surface area contributed by atoms with Crippen LogP contribution in [0.25, 0.3) is 11.1 Å². The number of hydrogen-bond acceptors (Lipinski definition) is 7. The van der Waals surface area contributed by atoms with Gasteiger partial charge in [0.25, 0.3) is 11.8 Å². The predicted octanol–water partition coefficient (Wildman–Crippen LogP) is 4.54. The van der Waals surface area contributed by atoms with Gasteiger partial charge in [-0.1, -0.05) is 33.8 Å². The summed E-state index contributed by atoms with van der Waals surface area (Å²) in [5.74, 6) is -2.02. The molecule has 0 spiro atoms. The van der Waals surface area contributed by atoms with E-state index in [1.807, 2.05) is 27.7 Å². The van der Waals surface area contributed by atoms with Crippen LogP contribution in [0, 0.1) is 17.2 Å². The third kappa shape index (κ3) is 8.16. The Morgan fingerprint density at radius 3 is 2.02 bits per heavy atom. The Balaban J connectivity index is 2.03. The highest BCUT2D eigenvalue weighted by atomic mass is 16.5. The van der Waals surface area contributed by atoms with E-state index in [9.17, 15) is 24.6 Å². The molecular weight excluding hydrogens is 550 g/mol. The first-order valence-electron chi connectivity index (χ1n) is 13.9. The number of benzene rings is 2. The van der Waals surface area contributed by atoms with Crippen molar-refractivity contribution in [3.63, 3.8) is 0 Å². The number of nitrogens with two attached hydrogens (primary N) is 1. The highest BCUT2D eigenvalue weighted by molar-refractivity contribution is 6.10. The first kappa shape index (κ1) is 32.7. The number of hydrogen-bond donors (Lipinski definition) is 6.